The largest absolute Gasteiger partial charge is 0.345 e. The fourth-order valence-electron chi connectivity index (χ4n) is 3.25. The van der Waals surface area contributed by atoms with Crippen LogP contribution in [0, 0.1) is 5.92 Å². The second-order valence-corrected chi connectivity index (χ2v) is 10.3. The third-order valence-corrected chi connectivity index (χ3v) is 6.51. The average Bonchev–Trinajstić information content (AvgIpc) is 2.65. The molecule has 0 spiro atoms. The van der Waals surface area contributed by atoms with Gasteiger partial charge in [0.2, 0.25) is 11.8 Å². The quantitative estimate of drug-likeness (QED) is 0.642. The summed E-state index contributed by atoms with van der Waals surface area (Å²) < 4.78 is 22.9. The smallest absolute Gasteiger partial charge is 0.244 e. The highest BCUT2D eigenvalue weighted by atomic mass is 32.2. The molecule has 0 aliphatic carbocycles. The Morgan fingerprint density at radius 1 is 1.00 bits per heavy atom. The van der Waals surface area contributed by atoms with Crippen molar-refractivity contribution in [3.05, 3.63) is 35.4 Å². The first-order valence-corrected chi connectivity index (χ1v) is 11.8. The molecule has 0 radical (unpaired) electrons. The van der Waals surface area contributed by atoms with Crippen LogP contribution in [0.2, 0.25) is 0 Å². The minimum absolute atomic E-state index is 0.00141. The van der Waals surface area contributed by atoms with E-state index in [1.54, 1.807) is 19.1 Å². The van der Waals surface area contributed by atoms with Crippen molar-refractivity contribution in [1.82, 2.24) is 10.2 Å². The van der Waals surface area contributed by atoms with Crippen molar-refractivity contribution in [3.63, 3.8) is 0 Å². The van der Waals surface area contributed by atoms with Crippen LogP contribution >= 0.6 is 0 Å². The molecule has 1 atom stereocenters. The van der Waals surface area contributed by atoms with Gasteiger partial charge in [-0.1, -0.05) is 38.1 Å². The fraction of sp³-hybridized carbons (Fsp3) is 0.571. The molecule has 0 aromatic heterocycles. The number of Topliss-reactive ketones (excluding diaryl/α,β-unsaturated/α-hetero) is 1. The Morgan fingerprint density at radius 3 is 2.14 bits per heavy atom. The Hall–Kier alpha value is -2.22. The second kappa shape index (κ2) is 10.0. The topological polar surface area (TPSA) is 101 Å². The average molecular weight is 423 g/mol. The fourth-order valence-corrected chi connectivity index (χ4v) is 4.45. The number of carbonyl (C=O) groups excluding carboxylic acids is 3. The van der Waals surface area contributed by atoms with Crippen LogP contribution in [0.4, 0.5) is 0 Å². The van der Waals surface area contributed by atoms with E-state index in [1.807, 2.05) is 12.1 Å². The van der Waals surface area contributed by atoms with Gasteiger partial charge in [0.15, 0.2) is 15.6 Å². The number of ketones is 1. The van der Waals surface area contributed by atoms with Gasteiger partial charge in [-0.05, 0) is 24.8 Å². The lowest BCUT2D eigenvalue weighted by Crippen LogP contribution is -2.51. The zero-order valence-electron chi connectivity index (χ0n) is 17.3. The summed E-state index contributed by atoms with van der Waals surface area (Å²) in [5.41, 5.74) is 1.75. The van der Waals surface area contributed by atoms with Crippen LogP contribution in [0.25, 0.3) is 0 Å². The van der Waals surface area contributed by atoms with Gasteiger partial charge in [0.05, 0.1) is 11.5 Å². The van der Waals surface area contributed by atoms with Crippen LogP contribution in [-0.4, -0.2) is 61.6 Å². The maximum Gasteiger partial charge on any atom is 0.244 e. The van der Waals surface area contributed by atoms with E-state index in [0.29, 0.717) is 11.5 Å². The molecule has 1 N–H and O–H groups in total. The van der Waals surface area contributed by atoms with Crippen LogP contribution in [0.5, 0.6) is 0 Å². The van der Waals surface area contributed by atoms with Crippen molar-refractivity contribution in [3.8, 4) is 0 Å². The molecule has 2 rings (SSSR count). The van der Waals surface area contributed by atoms with E-state index in [4.69, 9.17) is 0 Å². The van der Waals surface area contributed by atoms with Crippen molar-refractivity contribution in [2.24, 2.45) is 5.92 Å². The number of rotatable bonds is 8. The van der Waals surface area contributed by atoms with Crippen LogP contribution < -0.4 is 5.32 Å². The van der Waals surface area contributed by atoms with Gasteiger partial charge in [-0.25, -0.2) is 8.42 Å². The zero-order valence-corrected chi connectivity index (χ0v) is 18.1. The highest BCUT2D eigenvalue weighted by Crippen LogP contribution is 2.12. The van der Waals surface area contributed by atoms with E-state index in [1.165, 1.54) is 10.5 Å². The Labute approximate surface area is 172 Å². The summed E-state index contributed by atoms with van der Waals surface area (Å²) in [5.74, 6) is -0.357. The van der Waals surface area contributed by atoms with Crippen molar-refractivity contribution >= 4 is 27.4 Å². The number of carbonyl (C=O) groups is 3. The maximum atomic E-state index is 12.4. The molecule has 0 saturated carbocycles. The molecule has 1 aliphatic heterocycles. The van der Waals surface area contributed by atoms with E-state index in [9.17, 15) is 22.8 Å². The minimum atomic E-state index is -3.07. The number of sulfone groups is 1. The second-order valence-electron chi connectivity index (χ2n) is 7.98. The summed E-state index contributed by atoms with van der Waals surface area (Å²) in [6.45, 7) is 6.13. The summed E-state index contributed by atoms with van der Waals surface area (Å²) in [7, 11) is -3.07. The SMILES string of the molecule is CC(C)Cc1ccc(C(=O)CCC(=O)NC(C)C(=O)N2CCS(=O)(=O)CC2)cc1. The molecule has 29 heavy (non-hydrogen) atoms. The van der Waals surface area contributed by atoms with E-state index in [2.05, 4.69) is 19.2 Å². The Morgan fingerprint density at radius 2 is 1.59 bits per heavy atom. The van der Waals surface area contributed by atoms with Gasteiger partial charge >= 0.3 is 0 Å². The van der Waals surface area contributed by atoms with Gasteiger partial charge in [-0.3, -0.25) is 14.4 Å². The molecule has 2 amide bonds. The summed E-state index contributed by atoms with van der Waals surface area (Å²) in [6.07, 6.45) is 1.02. The molecular weight excluding hydrogens is 392 g/mol. The third kappa shape index (κ3) is 7.27. The third-order valence-electron chi connectivity index (χ3n) is 4.90. The van der Waals surface area contributed by atoms with Gasteiger partial charge in [-0.2, -0.15) is 0 Å². The monoisotopic (exact) mass is 422 g/mol. The molecule has 1 saturated heterocycles. The van der Waals surface area contributed by atoms with E-state index in [0.717, 1.165) is 6.42 Å². The number of hydrogen-bond donors (Lipinski definition) is 1. The molecule has 1 aromatic rings. The maximum absolute atomic E-state index is 12.4. The molecule has 1 aliphatic rings. The molecular formula is C21H30N2O5S. The summed E-state index contributed by atoms with van der Waals surface area (Å²) in [4.78, 5) is 38.2. The zero-order chi connectivity index (χ0) is 21.6. The van der Waals surface area contributed by atoms with E-state index in [-0.39, 0.29) is 55.0 Å². The Kier molecular flexibility index (Phi) is 7.96. The number of hydrogen-bond acceptors (Lipinski definition) is 5. The summed E-state index contributed by atoms with van der Waals surface area (Å²) >= 11 is 0. The predicted octanol–water partition coefficient (Wildman–Crippen LogP) is 1.61. The van der Waals surface area contributed by atoms with Crippen molar-refractivity contribution in [2.45, 2.75) is 46.1 Å². The lowest BCUT2D eigenvalue weighted by Gasteiger charge is -2.29. The highest BCUT2D eigenvalue weighted by Gasteiger charge is 2.28. The standard InChI is InChI=1S/C21H30N2O5S/c1-15(2)14-17-4-6-18(7-5-17)19(24)8-9-20(25)22-16(3)21(26)23-10-12-29(27,28)13-11-23/h4-7,15-16H,8-14H2,1-3H3,(H,22,25). The number of nitrogens with one attached hydrogen (secondary N) is 1. The van der Waals surface area contributed by atoms with Crippen LogP contribution in [0.15, 0.2) is 24.3 Å². The summed E-state index contributed by atoms with van der Waals surface area (Å²) in [6, 6.07) is 6.69. The van der Waals surface area contributed by atoms with E-state index < -0.39 is 15.9 Å². The van der Waals surface area contributed by atoms with Crippen LogP contribution in [0.1, 0.15) is 49.5 Å². The van der Waals surface area contributed by atoms with Gasteiger partial charge in [-0.15, -0.1) is 0 Å². The van der Waals surface area contributed by atoms with Gasteiger partial charge in [0.1, 0.15) is 6.04 Å². The first kappa shape index (κ1) is 23.1. The highest BCUT2D eigenvalue weighted by molar-refractivity contribution is 7.91. The molecule has 1 aromatic carbocycles. The Bertz CT molecular complexity index is 832. The molecule has 0 bridgehead atoms. The van der Waals surface area contributed by atoms with Crippen molar-refractivity contribution < 1.29 is 22.8 Å². The molecule has 160 valence electrons. The van der Waals surface area contributed by atoms with Gasteiger partial charge in [0, 0.05) is 31.5 Å². The first-order valence-electron chi connectivity index (χ1n) is 9.98. The lowest BCUT2D eigenvalue weighted by molar-refractivity contribution is -0.135. The van der Waals surface area contributed by atoms with Crippen molar-refractivity contribution in [2.75, 3.05) is 24.6 Å². The normalized spacial score (nSPS) is 17.0. The minimum Gasteiger partial charge on any atom is -0.345 e. The molecule has 1 fully saturated rings. The predicted molar refractivity (Wildman–Crippen MR) is 111 cm³/mol. The Balaban J connectivity index is 1.78. The first-order chi connectivity index (χ1) is 13.6. The van der Waals surface area contributed by atoms with E-state index >= 15 is 0 Å². The molecule has 1 heterocycles. The molecule has 7 nitrogen and oxygen atoms in total. The number of nitrogens with zero attached hydrogens (tertiary/aromatic N) is 1. The van der Waals surface area contributed by atoms with Crippen LogP contribution in [0.3, 0.4) is 0 Å². The molecule has 1 unspecified atom stereocenters. The number of benzene rings is 1. The molecule has 8 heteroatoms. The number of amides is 2. The van der Waals surface area contributed by atoms with Gasteiger partial charge < -0.3 is 10.2 Å². The van der Waals surface area contributed by atoms with Gasteiger partial charge in [0.25, 0.3) is 0 Å². The summed E-state index contributed by atoms with van der Waals surface area (Å²) in [5, 5.41) is 2.60. The van der Waals surface area contributed by atoms with Crippen molar-refractivity contribution in [1.29, 1.82) is 0 Å². The lowest BCUT2D eigenvalue weighted by atomic mass is 9.99. The van der Waals surface area contributed by atoms with Crippen LogP contribution in [-0.2, 0) is 25.8 Å².